The molecule has 0 aromatic carbocycles. The number of hydrogen-bond acceptors (Lipinski definition) is 4. The molecule has 0 bridgehead atoms. The molecule has 84 valence electrons. The van der Waals surface area contributed by atoms with Gasteiger partial charge in [0.1, 0.15) is 10.0 Å². The molecule has 2 heterocycles. The lowest BCUT2D eigenvalue weighted by molar-refractivity contribution is 0.603. The highest BCUT2D eigenvalue weighted by molar-refractivity contribution is 14.1. The molecule has 0 amide bonds. The zero-order valence-corrected chi connectivity index (χ0v) is 11.7. The maximum atomic E-state index is 11.8. The first-order chi connectivity index (χ1) is 7.58. The lowest BCUT2D eigenvalue weighted by Gasteiger charge is -2.04. The predicted octanol–water partition coefficient (Wildman–Crippen LogP) is 2.55. The Morgan fingerprint density at radius 3 is 2.69 bits per heavy atom. The molecule has 0 aliphatic heterocycles. The Balaban J connectivity index is 2.25. The highest BCUT2D eigenvalue weighted by Gasteiger charge is 2.15. The van der Waals surface area contributed by atoms with E-state index in [4.69, 9.17) is 0 Å². The van der Waals surface area contributed by atoms with Crippen LogP contribution < -0.4 is 4.72 Å². The molecular formula is C9H7IN2O2S2. The first kappa shape index (κ1) is 11.8. The van der Waals surface area contributed by atoms with Crippen molar-refractivity contribution in [3.8, 4) is 0 Å². The molecule has 0 aliphatic rings. The summed E-state index contributed by atoms with van der Waals surface area (Å²) in [6, 6.07) is 6.67. The van der Waals surface area contributed by atoms with Crippen LogP contribution in [0.25, 0.3) is 0 Å². The van der Waals surface area contributed by atoms with E-state index in [0.29, 0.717) is 5.82 Å². The van der Waals surface area contributed by atoms with E-state index in [1.54, 1.807) is 35.8 Å². The molecular weight excluding hydrogens is 359 g/mol. The molecule has 0 radical (unpaired) electrons. The standard InChI is InChI=1S/C9H7IN2O2S2/c10-7-3-4-8(11-6-7)12-16(13,14)9-2-1-5-15-9/h1-6H,(H,11,12). The van der Waals surface area contributed by atoms with Crippen LogP contribution in [0.15, 0.2) is 40.1 Å². The molecule has 0 fully saturated rings. The van der Waals surface area contributed by atoms with Gasteiger partial charge in [0.2, 0.25) is 0 Å². The molecule has 2 aromatic rings. The fourth-order valence-electron chi connectivity index (χ4n) is 1.04. The monoisotopic (exact) mass is 366 g/mol. The fourth-order valence-corrected chi connectivity index (χ4v) is 3.36. The molecule has 7 heteroatoms. The zero-order valence-electron chi connectivity index (χ0n) is 7.92. The Bertz CT molecular complexity index is 564. The van der Waals surface area contributed by atoms with E-state index in [2.05, 4.69) is 32.3 Å². The van der Waals surface area contributed by atoms with Gasteiger partial charge in [-0.2, -0.15) is 0 Å². The third kappa shape index (κ3) is 2.71. The van der Waals surface area contributed by atoms with Crippen molar-refractivity contribution in [3.05, 3.63) is 39.4 Å². The smallest absolute Gasteiger partial charge is 0.263 e. The first-order valence-electron chi connectivity index (χ1n) is 4.26. The summed E-state index contributed by atoms with van der Waals surface area (Å²) in [7, 11) is -3.48. The summed E-state index contributed by atoms with van der Waals surface area (Å²) < 4.78 is 27.3. The Hall–Kier alpha value is -0.670. The molecule has 2 aromatic heterocycles. The average Bonchev–Trinajstić information content (AvgIpc) is 2.75. The molecule has 0 aliphatic carbocycles. The van der Waals surface area contributed by atoms with Crippen molar-refractivity contribution in [2.24, 2.45) is 0 Å². The Morgan fingerprint density at radius 1 is 1.31 bits per heavy atom. The number of nitrogens with zero attached hydrogens (tertiary/aromatic N) is 1. The second-order valence-electron chi connectivity index (χ2n) is 2.90. The summed E-state index contributed by atoms with van der Waals surface area (Å²) in [6.45, 7) is 0. The van der Waals surface area contributed by atoms with Crippen LogP contribution in [0, 0.1) is 3.57 Å². The Kier molecular flexibility index (Phi) is 3.45. The van der Waals surface area contributed by atoms with Crippen LogP contribution in [0.3, 0.4) is 0 Å². The number of rotatable bonds is 3. The van der Waals surface area contributed by atoms with E-state index in [1.807, 2.05) is 0 Å². The van der Waals surface area contributed by atoms with Crippen molar-refractivity contribution in [2.75, 3.05) is 4.72 Å². The summed E-state index contributed by atoms with van der Waals surface area (Å²) >= 11 is 3.28. The minimum atomic E-state index is -3.48. The van der Waals surface area contributed by atoms with Crippen molar-refractivity contribution in [1.82, 2.24) is 4.98 Å². The van der Waals surface area contributed by atoms with Gasteiger partial charge in [0.15, 0.2) is 0 Å². The maximum Gasteiger partial charge on any atom is 0.272 e. The molecule has 0 unspecified atom stereocenters. The zero-order chi connectivity index (χ0) is 11.6. The first-order valence-corrected chi connectivity index (χ1v) is 7.70. The van der Waals surface area contributed by atoms with Crippen LogP contribution in [0.2, 0.25) is 0 Å². The Labute approximate surface area is 111 Å². The van der Waals surface area contributed by atoms with Crippen LogP contribution in [-0.4, -0.2) is 13.4 Å². The van der Waals surface area contributed by atoms with Gasteiger partial charge >= 0.3 is 0 Å². The number of hydrogen-bond donors (Lipinski definition) is 1. The predicted molar refractivity (Wildman–Crippen MR) is 72.1 cm³/mol. The molecule has 4 nitrogen and oxygen atoms in total. The quantitative estimate of drug-likeness (QED) is 0.850. The minimum absolute atomic E-state index is 0.285. The second kappa shape index (κ2) is 4.68. The largest absolute Gasteiger partial charge is 0.272 e. The van der Waals surface area contributed by atoms with Crippen molar-refractivity contribution in [1.29, 1.82) is 0 Å². The topological polar surface area (TPSA) is 59.1 Å². The highest BCUT2D eigenvalue weighted by atomic mass is 127. The number of nitrogens with one attached hydrogen (secondary N) is 1. The van der Waals surface area contributed by atoms with Gasteiger partial charge in [0.25, 0.3) is 10.0 Å². The fraction of sp³-hybridized carbons (Fsp3) is 0. The van der Waals surface area contributed by atoms with E-state index in [0.717, 1.165) is 3.57 Å². The van der Waals surface area contributed by atoms with Gasteiger partial charge in [-0.25, -0.2) is 13.4 Å². The molecule has 16 heavy (non-hydrogen) atoms. The van der Waals surface area contributed by atoms with Gasteiger partial charge in [-0.1, -0.05) is 6.07 Å². The Morgan fingerprint density at radius 2 is 2.12 bits per heavy atom. The van der Waals surface area contributed by atoms with Gasteiger partial charge < -0.3 is 0 Å². The summed E-state index contributed by atoms with van der Waals surface area (Å²) in [5.41, 5.74) is 0. The van der Waals surface area contributed by atoms with Crippen molar-refractivity contribution in [3.63, 3.8) is 0 Å². The average molecular weight is 366 g/mol. The second-order valence-corrected chi connectivity index (χ2v) is 7.00. The van der Waals surface area contributed by atoms with Gasteiger partial charge in [-0.15, -0.1) is 11.3 Å². The highest BCUT2D eigenvalue weighted by Crippen LogP contribution is 2.19. The third-order valence-electron chi connectivity index (χ3n) is 1.73. The van der Waals surface area contributed by atoms with E-state index in [1.165, 1.54) is 11.3 Å². The molecule has 0 saturated heterocycles. The van der Waals surface area contributed by atoms with E-state index >= 15 is 0 Å². The number of aromatic nitrogens is 1. The number of thiophene rings is 1. The number of halogens is 1. The summed E-state index contributed by atoms with van der Waals surface area (Å²) in [5.74, 6) is 0.328. The minimum Gasteiger partial charge on any atom is -0.263 e. The van der Waals surface area contributed by atoms with Crippen LogP contribution in [0.1, 0.15) is 0 Å². The SMILES string of the molecule is O=S(=O)(Nc1ccc(I)cn1)c1cccs1. The van der Waals surface area contributed by atoms with Gasteiger partial charge in [0, 0.05) is 9.77 Å². The summed E-state index contributed by atoms with van der Waals surface area (Å²) in [6.07, 6.45) is 1.60. The number of anilines is 1. The van der Waals surface area contributed by atoms with Crippen LogP contribution in [0.5, 0.6) is 0 Å². The molecule has 2 rings (SSSR count). The van der Waals surface area contributed by atoms with E-state index < -0.39 is 10.0 Å². The van der Waals surface area contributed by atoms with Crippen LogP contribution in [-0.2, 0) is 10.0 Å². The third-order valence-corrected chi connectivity index (χ3v) is 5.12. The molecule has 0 saturated carbocycles. The van der Waals surface area contributed by atoms with Crippen LogP contribution in [0.4, 0.5) is 5.82 Å². The van der Waals surface area contributed by atoms with Crippen LogP contribution >= 0.6 is 33.9 Å². The lowest BCUT2D eigenvalue weighted by atomic mass is 10.5. The van der Waals surface area contributed by atoms with Gasteiger partial charge in [-0.3, -0.25) is 4.72 Å². The summed E-state index contributed by atoms with van der Waals surface area (Å²) in [4.78, 5) is 3.98. The van der Waals surface area contributed by atoms with Crippen molar-refractivity contribution in [2.45, 2.75) is 4.21 Å². The lowest BCUT2D eigenvalue weighted by Crippen LogP contribution is -2.12. The van der Waals surface area contributed by atoms with E-state index in [9.17, 15) is 8.42 Å². The van der Waals surface area contributed by atoms with Gasteiger partial charge in [0.05, 0.1) is 0 Å². The number of pyridine rings is 1. The molecule has 0 atom stereocenters. The van der Waals surface area contributed by atoms with Crippen molar-refractivity contribution < 1.29 is 8.42 Å². The van der Waals surface area contributed by atoms with Crippen molar-refractivity contribution >= 4 is 49.8 Å². The van der Waals surface area contributed by atoms with E-state index in [-0.39, 0.29) is 4.21 Å². The normalized spacial score (nSPS) is 11.3. The number of sulfonamides is 1. The van der Waals surface area contributed by atoms with Gasteiger partial charge in [-0.05, 0) is 46.2 Å². The maximum absolute atomic E-state index is 11.8. The molecule has 1 N–H and O–H groups in total. The summed E-state index contributed by atoms with van der Waals surface area (Å²) in [5, 5.41) is 1.72. The molecule has 0 spiro atoms.